The molecule has 2 heterocycles. The van der Waals surface area contributed by atoms with E-state index in [-0.39, 0.29) is 11.8 Å². The van der Waals surface area contributed by atoms with Gasteiger partial charge in [-0.05, 0) is 35.9 Å². The minimum absolute atomic E-state index is 0.132. The highest BCUT2D eigenvalue weighted by atomic mass is 35.5. The molecule has 1 spiro atoms. The summed E-state index contributed by atoms with van der Waals surface area (Å²) < 4.78 is 0. The first-order valence-corrected chi connectivity index (χ1v) is 9.87. The Hall–Kier alpha value is -2.49. The van der Waals surface area contributed by atoms with E-state index in [1.54, 1.807) is 40.1 Å². The van der Waals surface area contributed by atoms with Crippen LogP contribution in [0.15, 0.2) is 42.5 Å². The number of halogens is 1. The second kappa shape index (κ2) is 6.59. The number of carbonyl (C=O) groups is 2. The molecule has 0 radical (unpaired) electrons. The van der Waals surface area contributed by atoms with Gasteiger partial charge >= 0.3 is 0 Å². The summed E-state index contributed by atoms with van der Waals surface area (Å²) in [6, 6.07) is 14.7. The fraction of sp³-hybridized carbons (Fsp3) is 0.250. The van der Waals surface area contributed by atoms with Crippen LogP contribution in [0.4, 0.5) is 5.69 Å². The Morgan fingerprint density at radius 1 is 1.33 bits per heavy atom. The molecule has 136 valence electrons. The molecule has 0 aliphatic carbocycles. The van der Waals surface area contributed by atoms with Crippen molar-refractivity contribution in [2.75, 3.05) is 17.2 Å². The van der Waals surface area contributed by atoms with Crippen molar-refractivity contribution in [1.29, 1.82) is 5.26 Å². The number of amides is 2. The SMILES string of the molecule is CC(=O)N1CCS[C@]12C(=O)N(Cc1cccc(C#N)c1)c1ccc(Cl)cc12. The molecule has 0 bridgehead atoms. The summed E-state index contributed by atoms with van der Waals surface area (Å²) in [6.45, 7) is 2.34. The molecular weight excluding hydrogens is 382 g/mol. The summed E-state index contributed by atoms with van der Waals surface area (Å²) in [5, 5.41) is 9.67. The van der Waals surface area contributed by atoms with Gasteiger partial charge in [0, 0.05) is 29.8 Å². The van der Waals surface area contributed by atoms with E-state index >= 15 is 0 Å². The van der Waals surface area contributed by atoms with Crippen molar-refractivity contribution in [2.24, 2.45) is 0 Å². The zero-order chi connectivity index (χ0) is 19.2. The van der Waals surface area contributed by atoms with Gasteiger partial charge in [0.25, 0.3) is 5.91 Å². The molecule has 27 heavy (non-hydrogen) atoms. The first kappa shape index (κ1) is 17.9. The van der Waals surface area contributed by atoms with E-state index in [0.717, 1.165) is 16.8 Å². The van der Waals surface area contributed by atoms with Gasteiger partial charge in [0.1, 0.15) is 0 Å². The Balaban J connectivity index is 1.82. The van der Waals surface area contributed by atoms with E-state index in [1.165, 1.54) is 18.7 Å². The van der Waals surface area contributed by atoms with Gasteiger partial charge in [-0.15, -0.1) is 11.8 Å². The molecule has 1 saturated heterocycles. The Labute approximate surface area is 166 Å². The standard InChI is InChI=1S/C20H16ClN3O2S/c1-13(25)24-7-8-27-20(24)17-10-16(21)5-6-18(17)23(19(20)26)12-15-4-2-3-14(9-15)11-22/h2-6,9-10H,7-8,12H2,1H3/t20-/m1/s1. The second-order valence-electron chi connectivity index (χ2n) is 6.53. The number of nitrogens with zero attached hydrogens (tertiary/aromatic N) is 3. The van der Waals surface area contributed by atoms with Gasteiger partial charge in [0.2, 0.25) is 5.91 Å². The van der Waals surface area contributed by atoms with Gasteiger partial charge in [-0.3, -0.25) is 9.59 Å². The van der Waals surface area contributed by atoms with Crippen LogP contribution in [0.25, 0.3) is 0 Å². The molecule has 2 aliphatic rings. The van der Waals surface area contributed by atoms with Crippen LogP contribution in [0.1, 0.15) is 23.6 Å². The van der Waals surface area contributed by atoms with Crippen molar-refractivity contribution in [2.45, 2.75) is 18.3 Å². The molecule has 1 fully saturated rings. The number of thioether (sulfide) groups is 1. The largest absolute Gasteiger partial charge is 0.315 e. The lowest BCUT2D eigenvalue weighted by Gasteiger charge is -2.32. The molecule has 0 aromatic heterocycles. The van der Waals surface area contributed by atoms with Crippen LogP contribution in [-0.4, -0.2) is 29.0 Å². The summed E-state index contributed by atoms with van der Waals surface area (Å²) >= 11 is 7.70. The second-order valence-corrected chi connectivity index (χ2v) is 8.25. The highest BCUT2D eigenvalue weighted by molar-refractivity contribution is 8.01. The lowest BCUT2D eigenvalue weighted by molar-refractivity contribution is -0.138. The number of hydrogen-bond donors (Lipinski definition) is 0. The van der Waals surface area contributed by atoms with Crippen LogP contribution in [0.3, 0.4) is 0 Å². The number of nitriles is 1. The smallest absolute Gasteiger partial charge is 0.268 e. The number of benzene rings is 2. The molecule has 2 aromatic rings. The first-order valence-electron chi connectivity index (χ1n) is 8.50. The molecule has 7 heteroatoms. The van der Waals surface area contributed by atoms with E-state index in [1.807, 2.05) is 12.1 Å². The molecular formula is C20H16ClN3O2S. The van der Waals surface area contributed by atoms with Gasteiger partial charge in [-0.1, -0.05) is 23.7 Å². The molecule has 1 atom stereocenters. The lowest BCUT2D eigenvalue weighted by atomic mass is 10.1. The fourth-order valence-corrected chi connectivity index (χ4v) is 5.47. The molecule has 4 rings (SSSR count). The van der Waals surface area contributed by atoms with Crippen molar-refractivity contribution < 1.29 is 9.59 Å². The average Bonchev–Trinajstić information content (AvgIpc) is 3.20. The fourth-order valence-electron chi connectivity index (χ4n) is 3.80. The quantitative estimate of drug-likeness (QED) is 0.777. The maximum Gasteiger partial charge on any atom is 0.268 e. The van der Waals surface area contributed by atoms with Gasteiger partial charge in [0.05, 0.1) is 23.9 Å². The Morgan fingerprint density at radius 2 is 2.15 bits per heavy atom. The van der Waals surface area contributed by atoms with E-state index in [4.69, 9.17) is 16.9 Å². The average molecular weight is 398 g/mol. The molecule has 5 nitrogen and oxygen atoms in total. The zero-order valence-electron chi connectivity index (χ0n) is 14.6. The Bertz CT molecular complexity index is 1000. The monoisotopic (exact) mass is 397 g/mol. The Kier molecular flexibility index (Phi) is 4.37. The molecule has 0 unspecified atom stereocenters. The van der Waals surface area contributed by atoms with Gasteiger partial charge < -0.3 is 9.80 Å². The third-order valence-electron chi connectivity index (χ3n) is 4.93. The van der Waals surface area contributed by atoms with Gasteiger partial charge in [-0.25, -0.2) is 0 Å². The number of carbonyl (C=O) groups excluding carboxylic acids is 2. The maximum atomic E-state index is 13.6. The van der Waals surface area contributed by atoms with Crippen molar-refractivity contribution in [1.82, 2.24) is 4.90 Å². The minimum Gasteiger partial charge on any atom is -0.315 e. The molecule has 2 aromatic carbocycles. The van der Waals surface area contributed by atoms with Crippen LogP contribution in [0, 0.1) is 11.3 Å². The third kappa shape index (κ3) is 2.70. The highest BCUT2D eigenvalue weighted by Crippen LogP contribution is 2.54. The third-order valence-corrected chi connectivity index (χ3v) is 6.59. The molecule has 2 aliphatic heterocycles. The van der Waals surface area contributed by atoms with Crippen LogP contribution >= 0.6 is 23.4 Å². The Morgan fingerprint density at radius 3 is 2.89 bits per heavy atom. The molecule has 0 saturated carbocycles. The summed E-state index contributed by atoms with van der Waals surface area (Å²) in [5.74, 6) is 0.419. The number of anilines is 1. The van der Waals surface area contributed by atoms with E-state index < -0.39 is 4.87 Å². The predicted molar refractivity (Wildman–Crippen MR) is 105 cm³/mol. The van der Waals surface area contributed by atoms with Gasteiger partial charge in [-0.2, -0.15) is 5.26 Å². The van der Waals surface area contributed by atoms with Crippen molar-refractivity contribution in [3.05, 3.63) is 64.2 Å². The summed E-state index contributed by atoms with van der Waals surface area (Å²) in [7, 11) is 0. The van der Waals surface area contributed by atoms with E-state index in [9.17, 15) is 9.59 Å². The minimum atomic E-state index is -1.06. The number of fused-ring (bicyclic) bond motifs is 2. The van der Waals surface area contributed by atoms with Crippen molar-refractivity contribution >= 4 is 40.9 Å². The number of hydrogen-bond acceptors (Lipinski definition) is 4. The van der Waals surface area contributed by atoms with Crippen molar-refractivity contribution in [3.8, 4) is 6.07 Å². The topological polar surface area (TPSA) is 64.4 Å². The van der Waals surface area contributed by atoms with Crippen molar-refractivity contribution in [3.63, 3.8) is 0 Å². The first-order chi connectivity index (χ1) is 13.0. The summed E-state index contributed by atoms with van der Waals surface area (Å²) in [4.78, 5) is 28.1. The zero-order valence-corrected chi connectivity index (χ0v) is 16.2. The van der Waals surface area contributed by atoms with E-state index in [2.05, 4.69) is 6.07 Å². The number of rotatable bonds is 2. The molecule has 2 amide bonds. The summed E-state index contributed by atoms with van der Waals surface area (Å²) in [5.41, 5.74) is 2.92. The van der Waals surface area contributed by atoms with Crippen LogP contribution in [0.2, 0.25) is 5.02 Å². The van der Waals surface area contributed by atoms with Crippen LogP contribution in [0.5, 0.6) is 0 Å². The normalized spacial score (nSPS) is 20.9. The van der Waals surface area contributed by atoms with E-state index in [0.29, 0.717) is 29.4 Å². The van der Waals surface area contributed by atoms with Crippen LogP contribution in [-0.2, 0) is 21.0 Å². The highest BCUT2D eigenvalue weighted by Gasteiger charge is 2.58. The predicted octanol–water partition coefficient (Wildman–Crippen LogP) is 3.51. The lowest BCUT2D eigenvalue weighted by Crippen LogP contribution is -2.49. The van der Waals surface area contributed by atoms with Gasteiger partial charge in [0.15, 0.2) is 4.87 Å². The maximum absolute atomic E-state index is 13.6. The molecule has 0 N–H and O–H groups in total. The summed E-state index contributed by atoms with van der Waals surface area (Å²) in [6.07, 6.45) is 0. The van der Waals surface area contributed by atoms with Crippen LogP contribution < -0.4 is 4.90 Å².